The van der Waals surface area contributed by atoms with Crippen molar-refractivity contribution in [1.82, 2.24) is 25.3 Å². The Morgan fingerprint density at radius 3 is 2.94 bits per heavy atom. The third-order valence-electron chi connectivity index (χ3n) is 2.57. The Morgan fingerprint density at radius 2 is 2.17 bits per heavy atom. The van der Waals surface area contributed by atoms with Crippen LogP contribution in [0.2, 0.25) is 0 Å². The van der Waals surface area contributed by atoms with Gasteiger partial charge in [0, 0.05) is 26.3 Å². The number of benzene rings is 1. The quantitative estimate of drug-likeness (QED) is 0.775. The van der Waals surface area contributed by atoms with E-state index in [1.807, 2.05) is 31.4 Å². The highest BCUT2D eigenvalue weighted by Crippen LogP contribution is 2.21. The third-order valence-corrected chi connectivity index (χ3v) is 3.61. The Hall–Kier alpha value is -1.79. The van der Waals surface area contributed by atoms with Crippen molar-refractivity contribution in [2.45, 2.75) is 13.1 Å². The molecule has 0 aliphatic rings. The van der Waals surface area contributed by atoms with Gasteiger partial charge in [-0.1, -0.05) is 17.3 Å². The fourth-order valence-corrected chi connectivity index (χ4v) is 2.71. The van der Waals surface area contributed by atoms with Crippen molar-refractivity contribution in [3.63, 3.8) is 0 Å². The van der Waals surface area contributed by atoms with Crippen LogP contribution in [0.5, 0.6) is 0 Å². The van der Waals surface area contributed by atoms with Gasteiger partial charge in [-0.3, -0.25) is 4.68 Å². The van der Waals surface area contributed by atoms with Crippen LogP contribution in [0.15, 0.2) is 30.5 Å². The number of aryl methyl sites for hydroxylation is 1. The van der Waals surface area contributed by atoms with Gasteiger partial charge >= 0.3 is 0 Å². The van der Waals surface area contributed by atoms with Crippen LogP contribution >= 0.6 is 11.3 Å². The van der Waals surface area contributed by atoms with E-state index in [4.69, 9.17) is 0 Å². The molecule has 92 valence electrons. The molecular weight excluding hydrogens is 246 g/mol. The van der Waals surface area contributed by atoms with Crippen molar-refractivity contribution in [2.24, 2.45) is 7.05 Å². The minimum Gasteiger partial charge on any atom is -0.305 e. The van der Waals surface area contributed by atoms with E-state index in [2.05, 4.69) is 26.7 Å². The van der Waals surface area contributed by atoms with E-state index in [0.29, 0.717) is 6.54 Å². The number of nitrogens with zero attached hydrogens (tertiary/aromatic N) is 4. The van der Waals surface area contributed by atoms with Crippen LogP contribution in [-0.2, 0) is 20.1 Å². The fraction of sp³-hybridized carbons (Fsp3) is 0.250. The molecule has 0 atom stereocenters. The van der Waals surface area contributed by atoms with E-state index in [1.165, 1.54) is 4.70 Å². The average Bonchev–Trinajstić information content (AvgIpc) is 2.95. The van der Waals surface area contributed by atoms with E-state index in [-0.39, 0.29) is 0 Å². The maximum absolute atomic E-state index is 4.56. The summed E-state index contributed by atoms with van der Waals surface area (Å²) in [4.78, 5) is 4.56. The molecule has 2 aromatic heterocycles. The number of para-hydroxylation sites is 1. The Morgan fingerprint density at radius 1 is 1.28 bits per heavy atom. The van der Waals surface area contributed by atoms with E-state index in [9.17, 15) is 0 Å². The smallest absolute Gasteiger partial charge is 0.108 e. The lowest BCUT2D eigenvalue weighted by Gasteiger charge is -1.97. The van der Waals surface area contributed by atoms with Crippen molar-refractivity contribution in [1.29, 1.82) is 0 Å². The average molecular weight is 259 g/mol. The highest BCUT2D eigenvalue weighted by Gasteiger charge is 2.03. The Bertz CT molecular complexity index is 624. The van der Waals surface area contributed by atoms with Crippen molar-refractivity contribution in [2.75, 3.05) is 0 Å². The minimum absolute atomic E-state index is 0.712. The topological polar surface area (TPSA) is 55.6 Å². The van der Waals surface area contributed by atoms with Crippen LogP contribution in [-0.4, -0.2) is 20.0 Å². The molecule has 3 aromatic rings. The van der Waals surface area contributed by atoms with Gasteiger partial charge < -0.3 is 5.32 Å². The predicted molar refractivity (Wildman–Crippen MR) is 71.2 cm³/mol. The second-order valence-electron chi connectivity index (χ2n) is 4.06. The molecule has 0 saturated carbocycles. The highest BCUT2D eigenvalue weighted by atomic mass is 32.1. The molecule has 0 aliphatic heterocycles. The molecule has 1 aromatic carbocycles. The molecule has 0 spiro atoms. The highest BCUT2D eigenvalue weighted by molar-refractivity contribution is 7.18. The minimum atomic E-state index is 0.712. The van der Waals surface area contributed by atoms with Gasteiger partial charge in [0.25, 0.3) is 0 Å². The zero-order chi connectivity index (χ0) is 12.4. The lowest BCUT2D eigenvalue weighted by atomic mass is 10.3. The lowest BCUT2D eigenvalue weighted by molar-refractivity contribution is 0.672. The molecule has 0 unspecified atom stereocenters. The van der Waals surface area contributed by atoms with Gasteiger partial charge in [-0.05, 0) is 12.1 Å². The van der Waals surface area contributed by atoms with Crippen LogP contribution in [0, 0.1) is 0 Å². The van der Waals surface area contributed by atoms with Crippen molar-refractivity contribution in [3.8, 4) is 0 Å². The summed E-state index contributed by atoms with van der Waals surface area (Å²) in [7, 11) is 1.87. The summed E-state index contributed by atoms with van der Waals surface area (Å²) in [5.41, 5.74) is 2.01. The molecule has 0 bridgehead atoms. The van der Waals surface area contributed by atoms with E-state index in [1.54, 1.807) is 16.0 Å². The zero-order valence-electron chi connectivity index (χ0n) is 10.00. The second-order valence-corrected chi connectivity index (χ2v) is 5.18. The molecule has 0 radical (unpaired) electrons. The summed E-state index contributed by atoms with van der Waals surface area (Å²) < 4.78 is 2.93. The predicted octanol–water partition coefficient (Wildman–Crippen LogP) is 1.71. The van der Waals surface area contributed by atoms with Crippen LogP contribution in [0.1, 0.15) is 10.7 Å². The monoisotopic (exact) mass is 259 g/mol. The molecule has 0 amide bonds. The normalized spacial score (nSPS) is 11.2. The molecule has 3 rings (SSSR count). The van der Waals surface area contributed by atoms with Crippen molar-refractivity contribution < 1.29 is 0 Å². The first-order chi connectivity index (χ1) is 8.81. The number of hydrogen-bond acceptors (Lipinski definition) is 5. The first-order valence-electron chi connectivity index (χ1n) is 5.71. The number of rotatable bonds is 4. The fourth-order valence-electron chi connectivity index (χ4n) is 1.77. The van der Waals surface area contributed by atoms with Gasteiger partial charge in [0.2, 0.25) is 0 Å². The molecular formula is C12H13N5S. The second kappa shape index (κ2) is 4.83. The summed E-state index contributed by atoms with van der Waals surface area (Å²) in [6.45, 7) is 1.47. The summed E-state index contributed by atoms with van der Waals surface area (Å²) in [6.07, 6.45) is 1.91. The standard InChI is InChI=1S/C12H13N5S/c1-17-8-9(15-16-17)6-13-7-12-14-10-4-2-3-5-11(10)18-12/h2-5,8,13H,6-7H2,1H3. The van der Waals surface area contributed by atoms with E-state index in [0.717, 1.165) is 22.8 Å². The van der Waals surface area contributed by atoms with Crippen molar-refractivity contribution >= 4 is 21.6 Å². The van der Waals surface area contributed by atoms with Crippen LogP contribution in [0.3, 0.4) is 0 Å². The van der Waals surface area contributed by atoms with E-state index < -0.39 is 0 Å². The maximum atomic E-state index is 4.56. The van der Waals surface area contributed by atoms with E-state index >= 15 is 0 Å². The number of thiazole rings is 1. The zero-order valence-corrected chi connectivity index (χ0v) is 10.8. The van der Waals surface area contributed by atoms with Gasteiger partial charge in [-0.15, -0.1) is 16.4 Å². The first kappa shape index (κ1) is 11.3. The SMILES string of the molecule is Cn1cc(CNCc2nc3ccccc3s2)nn1. The molecule has 0 saturated heterocycles. The number of fused-ring (bicyclic) bond motifs is 1. The molecule has 6 heteroatoms. The molecule has 0 aliphatic carbocycles. The number of hydrogen-bond donors (Lipinski definition) is 1. The van der Waals surface area contributed by atoms with Gasteiger partial charge in [0.1, 0.15) is 5.01 Å². The van der Waals surface area contributed by atoms with Crippen molar-refractivity contribution in [3.05, 3.63) is 41.2 Å². The van der Waals surface area contributed by atoms with Gasteiger partial charge in [-0.25, -0.2) is 4.98 Å². The largest absolute Gasteiger partial charge is 0.305 e. The van der Waals surface area contributed by atoms with Crippen LogP contribution < -0.4 is 5.32 Å². The Kier molecular flexibility index (Phi) is 3.04. The first-order valence-corrected chi connectivity index (χ1v) is 6.53. The molecule has 5 nitrogen and oxygen atoms in total. The van der Waals surface area contributed by atoms with Crippen LogP contribution in [0.4, 0.5) is 0 Å². The maximum Gasteiger partial charge on any atom is 0.108 e. The lowest BCUT2D eigenvalue weighted by Crippen LogP contribution is -2.12. The van der Waals surface area contributed by atoms with Gasteiger partial charge in [0.05, 0.1) is 15.9 Å². The summed E-state index contributed by atoms with van der Waals surface area (Å²) in [5, 5.41) is 12.3. The summed E-state index contributed by atoms with van der Waals surface area (Å²) >= 11 is 1.72. The summed E-state index contributed by atoms with van der Waals surface area (Å²) in [5.74, 6) is 0. The van der Waals surface area contributed by atoms with Gasteiger partial charge in [-0.2, -0.15) is 0 Å². The van der Waals surface area contributed by atoms with Crippen LogP contribution in [0.25, 0.3) is 10.2 Å². The molecule has 0 fully saturated rings. The third kappa shape index (κ3) is 2.39. The molecule has 2 heterocycles. The van der Waals surface area contributed by atoms with Gasteiger partial charge in [0.15, 0.2) is 0 Å². The summed E-state index contributed by atoms with van der Waals surface area (Å²) in [6, 6.07) is 8.19. The molecule has 18 heavy (non-hydrogen) atoms. The Labute approximate surface area is 108 Å². The molecule has 1 N–H and O–H groups in total. The Balaban J connectivity index is 1.62. The number of nitrogens with one attached hydrogen (secondary N) is 1. The number of aromatic nitrogens is 4.